The summed E-state index contributed by atoms with van der Waals surface area (Å²) in [4.78, 5) is 11.0. The molecule has 0 unspecified atom stereocenters. The lowest BCUT2D eigenvalue weighted by atomic mass is 10.2. The average molecular weight is 271 g/mol. The van der Waals surface area contributed by atoms with Gasteiger partial charge in [0.15, 0.2) is 0 Å². The zero-order valence-electron chi connectivity index (χ0n) is 7.76. The number of nitriles is 1. The van der Waals surface area contributed by atoms with Crippen molar-refractivity contribution in [1.82, 2.24) is 0 Å². The fourth-order valence-electron chi connectivity index (χ4n) is 1.01. The highest BCUT2D eigenvalue weighted by Crippen LogP contribution is 2.17. The number of hydrogen-bond donors (Lipinski definition) is 1. The van der Waals surface area contributed by atoms with Crippen LogP contribution in [0.2, 0.25) is 0 Å². The number of hydrogen-bond acceptors (Lipinski definition) is 2. The molecule has 1 amide bonds. The minimum Gasteiger partial charge on any atom is -0.323 e. The number of anilines is 1. The smallest absolute Gasteiger partial charge is 0.238 e. The molecule has 0 atom stereocenters. The number of rotatable bonds is 3. The number of benzene rings is 1. The SMILES string of the molecule is N#CCC(=O)Nc1ccc(CBr)cc1F. The molecular formula is C10H8BrFN2O. The van der Waals surface area contributed by atoms with Gasteiger partial charge in [0.25, 0.3) is 0 Å². The first-order valence-corrected chi connectivity index (χ1v) is 5.30. The van der Waals surface area contributed by atoms with Crippen LogP contribution in [0.15, 0.2) is 18.2 Å². The van der Waals surface area contributed by atoms with Gasteiger partial charge in [0.05, 0.1) is 11.8 Å². The van der Waals surface area contributed by atoms with E-state index in [1.165, 1.54) is 12.1 Å². The third-order valence-corrected chi connectivity index (χ3v) is 2.35. The number of amides is 1. The summed E-state index contributed by atoms with van der Waals surface area (Å²) < 4.78 is 13.3. The number of halogens is 2. The van der Waals surface area contributed by atoms with Crippen LogP contribution in [-0.4, -0.2) is 5.91 Å². The Labute approximate surface area is 95.0 Å². The van der Waals surface area contributed by atoms with E-state index < -0.39 is 11.7 Å². The molecule has 0 aliphatic carbocycles. The van der Waals surface area contributed by atoms with Crippen molar-refractivity contribution in [3.05, 3.63) is 29.6 Å². The fraction of sp³-hybridized carbons (Fsp3) is 0.200. The van der Waals surface area contributed by atoms with Crippen LogP contribution in [0.4, 0.5) is 10.1 Å². The lowest BCUT2D eigenvalue weighted by molar-refractivity contribution is -0.115. The minimum atomic E-state index is -0.511. The molecule has 5 heteroatoms. The van der Waals surface area contributed by atoms with Gasteiger partial charge in [-0.2, -0.15) is 5.26 Å². The van der Waals surface area contributed by atoms with Crippen LogP contribution in [0.25, 0.3) is 0 Å². The number of carbonyl (C=O) groups is 1. The highest BCUT2D eigenvalue weighted by molar-refractivity contribution is 9.08. The number of nitrogens with zero attached hydrogens (tertiary/aromatic N) is 1. The molecule has 0 aliphatic heterocycles. The van der Waals surface area contributed by atoms with E-state index in [0.717, 1.165) is 5.56 Å². The Morgan fingerprint density at radius 3 is 2.87 bits per heavy atom. The molecule has 1 N–H and O–H groups in total. The zero-order valence-corrected chi connectivity index (χ0v) is 9.34. The van der Waals surface area contributed by atoms with Crippen LogP contribution >= 0.6 is 15.9 Å². The molecule has 0 aromatic heterocycles. The quantitative estimate of drug-likeness (QED) is 0.859. The van der Waals surface area contributed by atoms with Gasteiger partial charge in [-0.15, -0.1) is 0 Å². The zero-order chi connectivity index (χ0) is 11.3. The van der Waals surface area contributed by atoms with E-state index in [0.29, 0.717) is 5.33 Å². The normalized spacial score (nSPS) is 9.40. The van der Waals surface area contributed by atoms with Crippen molar-refractivity contribution in [3.8, 4) is 6.07 Å². The summed E-state index contributed by atoms with van der Waals surface area (Å²) in [5.74, 6) is -1.01. The highest BCUT2D eigenvalue weighted by Gasteiger charge is 2.06. The Morgan fingerprint density at radius 1 is 1.60 bits per heavy atom. The van der Waals surface area contributed by atoms with Crippen LogP contribution in [0, 0.1) is 17.1 Å². The van der Waals surface area contributed by atoms with Gasteiger partial charge >= 0.3 is 0 Å². The van der Waals surface area contributed by atoms with Gasteiger partial charge in [-0.25, -0.2) is 4.39 Å². The molecule has 0 spiro atoms. The maximum Gasteiger partial charge on any atom is 0.238 e. The molecule has 1 aromatic carbocycles. The second-order valence-corrected chi connectivity index (χ2v) is 3.39. The molecule has 78 valence electrons. The number of carbonyl (C=O) groups excluding carboxylic acids is 1. The van der Waals surface area contributed by atoms with Crippen LogP contribution in [0.5, 0.6) is 0 Å². The summed E-state index contributed by atoms with van der Waals surface area (Å²) in [7, 11) is 0. The van der Waals surface area contributed by atoms with Crippen molar-refractivity contribution < 1.29 is 9.18 Å². The first-order chi connectivity index (χ1) is 7.17. The molecule has 1 rings (SSSR count). The van der Waals surface area contributed by atoms with Crippen molar-refractivity contribution in [1.29, 1.82) is 5.26 Å². The number of nitrogens with one attached hydrogen (secondary N) is 1. The molecule has 0 radical (unpaired) electrons. The maximum absolute atomic E-state index is 13.3. The molecule has 0 heterocycles. The average Bonchev–Trinajstić information content (AvgIpc) is 2.21. The van der Waals surface area contributed by atoms with Gasteiger partial charge in [-0.3, -0.25) is 4.79 Å². The first kappa shape index (κ1) is 11.7. The number of alkyl halides is 1. The van der Waals surface area contributed by atoms with Gasteiger partial charge in [0.1, 0.15) is 12.2 Å². The van der Waals surface area contributed by atoms with E-state index in [2.05, 4.69) is 21.2 Å². The standard InChI is InChI=1S/C10H8BrFN2O/c11-6-7-1-2-9(8(12)5-7)14-10(15)3-4-13/h1-2,5H,3,6H2,(H,14,15). The summed E-state index contributed by atoms with van der Waals surface area (Å²) in [5, 5.41) is 11.1. The summed E-state index contributed by atoms with van der Waals surface area (Å²) in [5.41, 5.74) is 0.880. The lowest BCUT2D eigenvalue weighted by Gasteiger charge is -2.05. The van der Waals surface area contributed by atoms with E-state index in [4.69, 9.17) is 5.26 Å². The van der Waals surface area contributed by atoms with Gasteiger partial charge in [-0.05, 0) is 17.7 Å². The molecule has 15 heavy (non-hydrogen) atoms. The largest absolute Gasteiger partial charge is 0.323 e. The van der Waals surface area contributed by atoms with Crippen molar-refractivity contribution in [2.75, 3.05) is 5.32 Å². The summed E-state index contributed by atoms with van der Waals surface area (Å²) >= 11 is 3.19. The topological polar surface area (TPSA) is 52.9 Å². The summed E-state index contributed by atoms with van der Waals surface area (Å²) in [6, 6.07) is 6.19. The second-order valence-electron chi connectivity index (χ2n) is 2.83. The van der Waals surface area contributed by atoms with Crippen molar-refractivity contribution in [2.45, 2.75) is 11.8 Å². The van der Waals surface area contributed by atoms with Crippen LogP contribution < -0.4 is 5.32 Å². The lowest BCUT2D eigenvalue weighted by Crippen LogP contribution is -2.11. The van der Waals surface area contributed by atoms with Gasteiger partial charge in [-0.1, -0.05) is 22.0 Å². The monoisotopic (exact) mass is 270 g/mol. The Bertz CT molecular complexity index is 414. The Balaban J connectivity index is 2.79. The van der Waals surface area contributed by atoms with Crippen LogP contribution in [-0.2, 0) is 10.1 Å². The molecule has 3 nitrogen and oxygen atoms in total. The Morgan fingerprint density at radius 2 is 2.33 bits per heavy atom. The predicted molar refractivity (Wildman–Crippen MR) is 57.9 cm³/mol. The van der Waals surface area contributed by atoms with Crippen molar-refractivity contribution in [3.63, 3.8) is 0 Å². The minimum absolute atomic E-state index is 0.0972. The van der Waals surface area contributed by atoms with E-state index >= 15 is 0 Å². The van der Waals surface area contributed by atoms with E-state index in [-0.39, 0.29) is 12.1 Å². The van der Waals surface area contributed by atoms with Crippen molar-refractivity contribution in [2.24, 2.45) is 0 Å². The summed E-state index contributed by atoms with van der Waals surface area (Å²) in [6.45, 7) is 0. The highest BCUT2D eigenvalue weighted by atomic mass is 79.9. The Hall–Kier alpha value is -1.41. The Kier molecular flexibility index (Phi) is 4.25. The predicted octanol–water partition coefficient (Wildman–Crippen LogP) is 2.57. The maximum atomic E-state index is 13.3. The molecule has 1 aromatic rings. The van der Waals surface area contributed by atoms with Crippen molar-refractivity contribution >= 4 is 27.5 Å². The van der Waals surface area contributed by atoms with Crippen LogP contribution in [0.1, 0.15) is 12.0 Å². The molecule has 0 saturated carbocycles. The fourth-order valence-corrected chi connectivity index (χ4v) is 1.36. The molecule has 0 bridgehead atoms. The summed E-state index contributed by atoms with van der Waals surface area (Å²) in [6.07, 6.45) is -0.278. The second kappa shape index (κ2) is 5.47. The van der Waals surface area contributed by atoms with E-state index in [1.807, 2.05) is 0 Å². The molecule has 0 aliphatic rings. The van der Waals surface area contributed by atoms with Gasteiger partial charge in [0.2, 0.25) is 5.91 Å². The first-order valence-electron chi connectivity index (χ1n) is 4.18. The molecule has 0 fully saturated rings. The van der Waals surface area contributed by atoms with Crippen LogP contribution in [0.3, 0.4) is 0 Å². The molecule has 0 saturated heterocycles. The van der Waals surface area contributed by atoms with Gasteiger partial charge in [0, 0.05) is 5.33 Å². The van der Waals surface area contributed by atoms with Gasteiger partial charge < -0.3 is 5.32 Å². The molecular weight excluding hydrogens is 263 g/mol. The van der Waals surface area contributed by atoms with E-state index in [1.54, 1.807) is 12.1 Å². The van der Waals surface area contributed by atoms with E-state index in [9.17, 15) is 9.18 Å². The third-order valence-electron chi connectivity index (χ3n) is 1.70. The third kappa shape index (κ3) is 3.33.